The molecule has 0 radical (unpaired) electrons. The maximum Gasteiger partial charge on any atom is 0.225 e. The molecule has 7 heteroatoms. The largest absolute Gasteiger partial charge is 0.378 e. The highest BCUT2D eigenvalue weighted by Crippen LogP contribution is 2.51. The molecule has 2 rings (SSSR count). The first-order valence-corrected chi connectivity index (χ1v) is 8.98. The zero-order valence-corrected chi connectivity index (χ0v) is 19.0. The fraction of sp³-hybridized carbons (Fsp3) is 0.889. The molecule has 146 valence electrons. The van der Waals surface area contributed by atoms with Crippen molar-refractivity contribution in [1.29, 1.82) is 0 Å². The summed E-state index contributed by atoms with van der Waals surface area (Å²) >= 11 is 0. The van der Waals surface area contributed by atoms with E-state index in [-0.39, 0.29) is 52.9 Å². The second-order valence-electron chi connectivity index (χ2n) is 8.20. The molecular weight excluding hydrogens is 431 g/mol. The molecule has 2 fully saturated rings. The minimum absolute atomic E-state index is 0. The first-order chi connectivity index (χ1) is 11.1. The standard InChI is InChI=1S/C18H34N4O2.HI/c1-12(2)15(23)22-9-8-13(11-22)20-16(19-6)21-14-10-18(5,24-7)17(14,3)4;/h12-14H,8-11H2,1-7H3,(H2,19,20,21);1H. The summed E-state index contributed by atoms with van der Waals surface area (Å²) < 4.78 is 5.69. The lowest BCUT2D eigenvalue weighted by Crippen LogP contribution is -2.69. The maximum atomic E-state index is 12.1. The molecule has 0 bridgehead atoms. The van der Waals surface area contributed by atoms with Gasteiger partial charge in [-0.2, -0.15) is 0 Å². The molecule has 3 unspecified atom stereocenters. The van der Waals surface area contributed by atoms with Gasteiger partial charge in [-0.15, -0.1) is 24.0 Å². The van der Waals surface area contributed by atoms with Gasteiger partial charge in [-0.3, -0.25) is 9.79 Å². The molecule has 1 aliphatic carbocycles. The van der Waals surface area contributed by atoms with E-state index >= 15 is 0 Å². The third-order valence-electron chi connectivity index (χ3n) is 6.15. The van der Waals surface area contributed by atoms with Crippen LogP contribution < -0.4 is 10.6 Å². The Hall–Kier alpha value is -0.570. The number of rotatable bonds is 4. The number of ether oxygens (including phenoxy) is 1. The molecule has 1 aliphatic heterocycles. The lowest BCUT2D eigenvalue weighted by molar-refractivity contribution is -0.176. The van der Waals surface area contributed by atoms with Crippen molar-refractivity contribution in [1.82, 2.24) is 15.5 Å². The van der Waals surface area contributed by atoms with Crippen molar-refractivity contribution in [3.63, 3.8) is 0 Å². The van der Waals surface area contributed by atoms with Crippen molar-refractivity contribution in [3.8, 4) is 0 Å². The van der Waals surface area contributed by atoms with Crippen LogP contribution >= 0.6 is 24.0 Å². The Kier molecular flexibility index (Phi) is 7.56. The van der Waals surface area contributed by atoms with E-state index in [2.05, 4.69) is 36.4 Å². The Morgan fingerprint density at radius 2 is 1.92 bits per heavy atom. The molecule has 0 aromatic rings. The Bertz CT molecular complexity index is 509. The van der Waals surface area contributed by atoms with Gasteiger partial charge in [-0.05, 0) is 19.8 Å². The number of nitrogens with zero attached hydrogens (tertiary/aromatic N) is 2. The third-order valence-corrected chi connectivity index (χ3v) is 6.15. The van der Waals surface area contributed by atoms with E-state index in [0.29, 0.717) is 6.04 Å². The van der Waals surface area contributed by atoms with Gasteiger partial charge in [0.25, 0.3) is 0 Å². The van der Waals surface area contributed by atoms with Gasteiger partial charge in [0.15, 0.2) is 5.96 Å². The van der Waals surface area contributed by atoms with Gasteiger partial charge in [-0.1, -0.05) is 27.7 Å². The summed E-state index contributed by atoms with van der Waals surface area (Å²) in [6.07, 6.45) is 1.92. The topological polar surface area (TPSA) is 66.0 Å². The number of aliphatic imine (C=N–C) groups is 1. The highest BCUT2D eigenvalue weighted by molar-refractivity contribution is 14.0. The number of methoxy groups -OCH3 is 1. The summed E-state index contributed by atoms with van der Waals surface area (Å²) in [5.41, 5.74) is -0.0634. The lowest BCUT2D eigenvalue weighted by Gasteiger charge is -2.59. The van der Waals surface area contributed by atoms with Gasteiger partial charge in [0, 0.05) is 50.7 Å². The molecule has 1 saturated carbocycles. The van der Waals surface area contributed by atoms with Crippen molar-refractivity contribution in [2.45, 2.75) is 65.1 Å². The summed E-state index contributed by atoms with van der Waals surface area (Å²) in [6, 6.07) is 0.583. The second kappa shape index (κ2) is 8.41. The van der Waals surface area contributed by atoms with Crippen molar-refractivity contribution in [2.24, 2.45) is 16.3 Å². The van der Waals surface area contributed by atoms with E-state index in [1.54, 1.807) is 14.2 Å². The summed E-state index contributed by atoms with van der Waals surface area (Å²) in [5.74, 6) is 1.11. The smallest absolute Gasteiger partial charge is 0.225 e. The molecule has 2 aliphatic rings. The number of guanidine groups is 1. The predicted octanol–water partition coefficient (Wildman–Crippen LogP) is 2.23. The number of hydrogen-bond donors (Lipinski definition) is 2. The highest BCUT2D eigenvalue weighted by Gasteiger charge is 2.58. The van der Waals surface area contributed by atoms with Crippen LogP contribution in [0.3, 0.4) is 0 Å². The van der Waals surface area contributed by atoms with Crippen LogP contribution in [0.5, 0.6) is 0 Å². The van der Waals surface area contributed by atoms with Crippen LogP contribution in [-0.2, 0) is 9.53 Å². The number of likely N-dealkylation sites (tertiary alicyclic amines) is 1. The zero-order chi connectivity index (χ0) is 18.1. The SMILES string of the molecule is CN=C(NC1CCN(C(=O)C(C)C)C1)NC1CC(C)(OC)C1(C)C.I. The van der Waals surface area contributed by atoms with E-state index in [9.17, 15) is 4.79 Å². The molecule has 3 atom stereocenters. The van der Waals surface area contributed by atoms with Gasteiger partial charge < -0.3 is 20.3 Å². The molecule has 0 aromatic carbocycles. The first-order valence-electron chi connectivity index (χ1n) is 8.98. The third kappa shape index (κ3) is 4.40. The molecule has 6 nitrogen and oxygen atoms in total. The number of carbonyl (C=O) groups is 1. The average Bonchev–Trinajstić information content (AvgIpc) is 3.00. The number of nitrogens with one attached hydrogen (secondary N) is 2. The summed E-state index contributed by atoms with van der Waals surface area (Å²) in [5, 5.41) is 7.01. The minimum atomic E-state index is -0.0998. The average molecular weight is 466 g/mol. The fourth-order valence-corrected chi connectivity index (χ4v) is 3.70. The van der Waals surface area contributed by atoms with E-state index < -0.39 is 0 Å². The van der Waals surface area contributed by atoms with Gasteiger partial charge in [0.2, 0.25) is 5.91 Å². The molecule has 0 spiro atoms. The van der Waals surface area contributed by atoms with E-state index in [1.807, 2.05) is 18.7 Å². The van der Waals surface area contributed by atoms with E-state index in [0.717, 1.165) is 31.9 Å². The number of hydrogen-bond acceptors (Lipinski definition) is 3. The Morgan fingerprint density at radius 1 is 1.28 bits per heavy atom. The first kappa shape index (κ1) is 22.5. The molecule has 1 heterocycles. The molecule has 0 aromatic heterocycles. The highest BCUT2D eigenvalue weighted by atomic mass is 127. The molecule has 2 N–H and O–H groups in total. The number of amides is 1. The molecule has 25 heavy (non-hydrogen) atoms. The minimum Gasteiger partial charge on any atom is -0.378 e. The number of halogens is 1. The Balaban J connectivity index is 0.00000312. The predicted molar refractivity (Wildman–Crippen MR) is 112 cm³/mol. The normalized spacial score (nSPS) is 31.4. The summed E-state index contributed by atoms with van der Waals surface area (Å²) in [7, 11) is 3.58. The fourth-order valence-electron chi connectivity index (χ4n) is 3.70. The Morgan fingerprint density at radius 3 is 2.40 bits per heavy atom. The van der Waals surface area contributed by atoms with Crippen molar-refractivity contribution in [2.75, 3.05) is 27.2 Å². The van der Waals surface area contributed by atoms with Crippen molar-refractivity contribution >= 4 is 35.8 Å². The quantitative estimate of drug-likeness (QED) is 0.379. The van der Waals surface area contributed by atoms with Crippen LogP contribution in [0.4, 0.5) is 0 Å². The monoisotopic (exact) mass is 466 g/mol. The van der Waals surface area contributed by atoms with Crippen LogP contribution in [0.25, 0.3) is 0 Å². The molecule has 1 saturated heterocycles. The van der Waals surface area contributed by atoms with Crippen LogP contribution in [0.1, 0.15) is 47.5 Å². The van der Waals surface area contributed by atoms with Crippen LogP contribution in [-0.4, -0.2) is 61.7 Å². The van der Waals surface area contributed by atoms with Crippen LogP contribution in [0.15, 0.2) is 4.99 Å². The second-order valence-corrected chi connectivity index (χ2v) is 8.20. The van der Waals surface area contributed by atoms with Crippen LogP contribution in [0, 0.1) is 11.3 Å². The maximum absolute atomic E-state index is 12.1. The van der Waals surface area contributed by atoms with E-state index in [4.69, 9.17) is 4.74 Å². The molecule has 1 amide bonds. The summed E-state index contributed by atoms with van der Waals surface area (Å²) in [6.45, 7) is 12.1. The zero-order valence-electron chi connectivity index (χ0n) is 16.7. The van der Waals surface area contributed by atoms with Crippen molar-refractivity contribution < 1.29 is 9.53 Å². The van der Waals surface area contributed by atoms with Gasteiger partial charge >= 0.3 is 0 Å². The number of carbonyl (C=O) groups excluding carboxylic acids is 1. The summed E-state index contributed by atoms with van der Waals surface area (Å²) in [4.78, 5) is 18.4. The van der Waals surface area contributed by atoms with Gasteiger partial charge in [0.1, 0.15) is 0 Å². The van der Waals surface area contributed by atoms with E-state index in [1.165, 1.54) is 0 Å². The lowest BCUT2D eigenvalue weighted by atomic mass is 9.56. The van der Waals surface area contributed by atoms with Crippen molar-refractivity contribution in [3.05, 3.63) is 0 Å². The van der Waals surface area contributed by atoms with Gasteiger partial charge in [0.05, 0.1) is 5.60 Å². The molecular formula is C18H35IN4O2. The Labute approximate surface area is 169 Å². The van der Waals surface area contributed by atoms with Crippen LogP contribution in [0.2, 0.25) is 0 Å². The van der Waals surface area contributed by atoms with Gasteiger partial charge in [-0.25, -0.2) is 0 Å².